The minimum Gasteiger partial charge on any atom is -0.293 e. The van der Waals surface area contributed by atoms with E-state index >= 15 is 0 Å². The monoisotopic (exact) mass is 282 g/mol. The predicted octanol–water partition coefficient (Wildman–Crippen LogP) is 4.26. The highest BCUT2D eigenvalue weighted by molar-refractivity contribution is 9.10. The minimum absolute atomic E-state index is 0.0615. The number of halogens is 1. The molecule has 0 spiro atoms. The first kappa shape index (κ1) is 10.8. The summed E-state index contributed by atoms with van der Waals surface area (Å²) in [6.45, 7) is 2.00. The number of hydrogen-bond acceptors (Lipinski definition) is 2. The first-order chi connectivity index (χ1) is 7.22. The lowest BCUT2D eigenvalue weighted by Crippen LogP contribution is -2.12. The Morgan fingerprint density at radius 3 is 3.00 bits per heavy atom. The molecule has 2 rings (SSSR count). The van der Waals surface area contributed by atoms with E-state index in [1.807, 2.05) is 36.6 Å². The SMILES string of the molecule is CCC(Br)C(=O)c1ccc2sccc2c1. The van der Waals surface area contributed by atoms with E-state index in [2.05, 4.69) is 15.9 Å². The highest BCUT2D eigenvalue weighted by atomic mass is 79.9. The van der Waals surface area contributed by atoms with Crippen molar-refractivity contribution in [3.63, 3.8) is 0 Å². The number of fused-ring (bicyclic) bond motifs is 1. The fourth-order valence-electron chi connectivity index (χ4n) is 1.49. The number of alkyl halides is 1. The highest BCUT2D eigenvalue weighted by Crippen LogP contribution is 2.23. The number of carbonyl (C=O) groups excluding carboxylic acids is 1. The molecule has 0 amide bonds. The van der Waals surface area contributed by atoms with Crippen molar-refractivity contribution in [2.24, 2.45) is 0 Å². The zero-order valence-corrected chi connectivity index (χ0v) is 10.8. The molecular weight excluding hydrogens is 272 g/mol. The van der Waals surface area contributed by atoms with Crippen LogP contribution in [0.25, 0.3) is 10.1 Å². The van der Waals surface area contributed by atoms with Gasteiger partial charge in [-0.15, -0.1) is 11.3 Å². The summed E-state index contributed by atoms with van der Waals surface area (Å²) in [5.41, 5.74) is 0.796. The van der Waals surface area contributed by atoms with E-state index in [1.165, 1.54) is 4.70 Å². The summed E-state index contributed by atoms with van der Waals surface area (Å²) in [5, 5.41) is 3.20. The van der Waals surface area contributed by atoms with Gasteiger partial charge in [-0.2, -0.15) is 0 Å². The number of Topliss-reactive ketones (excluding diaryl/α,β-unsaturated/α-hetero) is 1. The molecule has 1 unspecified atom stereocenters. The summed E-state index contributed by atoms with van der Waals surface area (Å²) in [6.07, 6.45) is 0.820. The third-order valence-corrected chi connectivity index (χ3v) is 4.34. The topological polar surface area (TPSA) is 17.1 Å². The fraction of sp³-hybridized carbons (Fsp3) is 0.250. The van der Waals surface area contributed by atoms with Crippen LogP contribution in [-0.2, 0) is 0 Å². The Morgan fingerprint density at radius 1 is 1.47 bits per heavy atom. The summed E-state index contributed by atoms with van der Waals surface area (Å²) >= 11 is 5.09. The first-order valence-corrected chi connectivity index (χ1v) is 6.67. The van der Waals surface area contributed by atoms with Crippen molar-refractivity contribution in [2.45, 2.75) is 18.2 Å². The fourth-order valence-corrected chi connectivity index (χ4v) is 2.52. The van der Waals surface area contributed by atoms with Gasteiger partial charge in [-0.25, -0.2) is 0 Å². The van der Waals surface area contributed by atoms with Gasteiger partial charge in [-0.1, -0.05) is 22.9 Å². The minimum atomic E-state index is -0.0615. The quantitative estimate of drug-likeness (QED) is 0.607. The Morgan fingerprint density at radius 2 is 2.27 bits per heavy atom. The Balaban J connectivity index is 2.39. The molecule has 78 valence electrons. The number of ketones is 1. The van der Waals surface area contributed by atoms with Gasteiger partial charge in [0, 0.05) is 10.3 Å². The summed E-state index contributed by atoms with van der Waals surface area (Å²) in [7, 11) is 0. The smallest absolute Gasteiger partial charge is 0.176 e. The molecule has 0 saturated carbocycles. The van der Waals surface area contributed by atoms with Gasteiger partial charge in [0.15, 0.2) is 5.78 Å². The molecule has 0 aliphatic heterocycles. The van der Waals surface area contributed by atoms with Gasteiger partial charge < -0.3 is 0 Å². The van der Waals surface area contributed by atoms with E-state index in [9.17, 15) is 4.79 Å². The van der Waals surface area contributed by atoms with Gasteiger partial charge in [0.1, 0.15) is 0 Å². The molecule has 1 aromatic heterocycles. The Labute approximate surface area is 101 Å². The molecule has 0 aliphatic rings. The van der Waals surface area contributed by atoms with Crippen LogP contribution in [0.4, 0.5) is 0 Å². The Kier molecular flexibility index (Phi) is 3.22. The van der Waals surface area contributed by atoms with Crippen molar-refractivity contribution in [2.75, 3.05) is 0 Å². The molecule has 0 radical (unpaired) electrons. The number of rotatable bonds is 3. The zero-order valence-electron chi connectivity index (χ0n) is 8.37. The lowest BCUT2D eigenvalue weighted by Gasteiger charge is -2.05. The summed E-state index contributed by atoms with van der Waals surface area (Å²) < 4.78 is 1.23. The van der Waals surface area contributed by atoms with Gasteiger partial charge in [-0.3, -0.25) is 4.79 Å². The first-order valence-electron chi connectivity index (χ1n) is 4.88. The molecule has 1 heterocycles. The lowest BCUT2D eigenvalue weighted by atomic mass is 10.1. The molecule has 0 fully saturated rings. The average Bonchev–Trinajstić information content (AvgIpc) is 2.73. The number of benzene rings is 1. The molecule has 0 saturated heterocycles. The van der Waals surface area contributed by atoms with Crippen molar-refractivity contribution < 1.29 is 4.79 Å². The standard InChI is InChI=1S/C12H11BrOS/c1-2-10(13)12(14)9-3-4-11-8(7-9)5-6-15-11/h3-7,10H,2H2,1H3. The normalized spacial score (nSPS) is 12.9. The zero-order chi connectivity index (χ0) is 10.8. The van der Waals surface area contributed by atoms with Gasteiger partial charge in [0.25, 0.3) is 0 Å². The number of thiophene rings is 1. The maximum Gasteiger partial charge on any atom is 0.176 e. The lowest BCUT2D eigenvalue weighted by molar-refractivity contribution is 0.0990. The van der Waals surface area contributed by atoms with Gasteiger partial charge in [-0.05, 0) is 41.5 Å². The van der Waals surface area contributed by atoms with Crippen LogP contribution >= 0.6 is 27.3 Å². The molecular formula is C12H11BrOS. The second kappa shape index (κ2) is 4.45. The summed E-state index contributed by atoms with van der Waals surface area (Å²) in [6, 6.07) is 7.94. The van der Waals surface area contributed by atoms with Crippen molar-refractivity contribution in [3.05, 3.63) is 35.2 Å². The summed E-state index contributed by atoms with van der Waals surface area (Å²) in [4.78, 5) is 11.8. The van der Waals surface area contributed by atoms with Gasteiger partial charge >= 0.3 is 0 Å². The third-order valence-electron chi connectivity index (χ3n) is 2.38. The van der Waals surface area contributed by atoms with Crippen LogP contribution in [0.5, 0.6) is 0 Å². The molecule has 1 aromatic carbocycles. The van der Waals surface area contributed by atoms with Crippen molar-refractivity contribution in [3.8, 4) is 0 Å². The summed E-state index contributed by atoms with van der Waals surface area (Å²) in [5.74, 6) is 0.172. The number of hydrogen-bond donors (Lipinski definition) is 0. The van der Waals surface area contributed by atoms with E-state index in [1.54, 1.807) is 11.3 Å². The van der Waals surface area contributed by atoms with Crippen molar-refractivity contribution >= 4 is 43.1 Å². The van der Waals surface area contributed by atoms with Gasteiger partial charge in [0.2, 0.25) is 0 Å². The molecule has 3 heteroatoms. The van der Waals surface area contributed by atoms with E-state index in [4.69, 9.17) is 0 Å². The molecule has 0 bridgehead atoms. The second-order valence-corrected chi connectivity index (χ2v) is 5.47. The van der Waals surface area contributed by atoms with E-state index in [0.29, 0.717) is 0 Å². The van der Waals surface area contributed by atoms with E-state index in [0.717, 1.165) is 17.4 Å². The van der Waals surface area contributed by atoms with Crippen LogP contribution < -0.4 is 0 Å². The van der Waals surface area contributed by atoms with Crippen LogP contribution in [0, 0.1) is 0 Å². The van der Waals surface area contributed by atoms with Crippen molar-refractivity contribution in [1.82, 2.24) is 0 Å². The molecule has 1 nitrogen and oxygen atoms in total. The molecule has 1 atom stereocenters. The molecule has 0 aliphatic carbocycles. The largest absolute Gasteiger partial charge is 0.293 e. The van der Waals surface area contributed by atoms with Crippen LogP contribution in [0.3, 0.4) is 0 Å². The van der Waals surface area contributed by atoms with Crippen molar-refractivity contribution in [1.29, 1.82) is 0 Å². The highest BCUT2D eigenvalue weighted by Gasteiger charge is 2.14. The second-order valence-electron chi connectivity index (χ2n) is 3.41. The maximum atomic E-state index is 11.9. The third kappa shape index (κ3) is 2.13. The van der Waals surface area contributed by atoms with Crippen LogP contribution in [0.15, 0.2) is 29.6 Å². The maximum absolute atomic E-state index is 11.9. The Hall–Kier alpha value is -0.670. The van der Waals surface area contributed by atoms with Gasteiger partial charge in [0.05, 0.1) is 4.83 Å². The predicted molar refractivity (Wildman–Crippen MR) is 69.2 cm³/mol. The molecule has 15 heavy (non-hydrogen) atoms. The average molecular weight is 283 g/mol. The van der Waals surface area contributed by atoms with Crippen LogP contribution in [0.2, 0.25) is 0 Å². The van der Waals surface area contributed by atoms with E-state index in [-0.39, 0.29) is 10.6 Å². The number of carbonyl (C=O) groups is 1. The van der Waals surface area contributed by atoms with E-state index < -0.39 is 0 Å². The van der Waals surface area contributed by atoms with Crippen LogP contribution in [0.1, 0.15) is 23.7 Å². The van der Waals surface area contributed by atoms with Crippen LogP contribution in [-0.4, -0.2) is 10.6 Å². The molecule has 2 aromatic rings. The Bertz CT molecular complexity index is 489. The molecule has 0 N–H and O–H groups in total.